The van der Waals surface area contributed by atoms with Gasteiger partial charge in [0, 0.05) is 49.4 Å². The van der Waals surface area contributed by atoms with Crippen LogP contribution in [0.2, 0.25) is 5.02 Å². The minimum atomic E-state index is 0.00567. The maximum absolute atomic E-state index is 11.4. The van der Waals surface area contributed by atoms with E-state index in [1.807, 2.05) is 17.0 Å². The highest BCUT2D eigenvalue weighted by atomic mass is 35.5. The van der Waals surface area contributed by atoms with E-state index in [0.717, 1.165) is 18.8 Å². The van der Waals surface area contributed by atoms with Crippen molar-refractivity contribution >= 4 is 29.0 Å². The first-order chi connectivity index (χ1) is 8.97. The van der Waals surface area contributed by atoms with Crippen LogP contribution in [0.25, 0.3) is 0 Å². The Balaban J connectivity index is 2.15. The number of piperazine rings is 1. The van der Waals surface area contributed by atoms with E-state index in [1.165, 1.54) is 6.92 Å². The molecule has 0 bridgehead atoms. The number of rotatable bonds is 2. The van der Waals surface area contributed by atoms with E-state index < -0.39 is 0 Å². The molecule has 0 unspecified atom stereocenters. The number of hydrogen-bond acceptors (Lipinski definition) is 3. The SMILES string of the molecule is CC(=O)c1cc(Cl)cc(N2CCN(C(C)=O)CC2)c1. The van der Waals surface area contributed by atoms with E-state index in [2.05, 4.69) is 4.90 Å². The largest absolute Gasteiger partial charge is 0.368 e. The summed E-state index contributed by atoms with van der Waals surface area (Å²) in [6.45, 7) is 6.05. The number of Topliss-reactive ketones (excluding diaryl/α,β-unsaturated/α-hetero) is 1. The van der Waals surface area contributed by atoms with Crippen molar-refractivity contribution in [1.82, 2.24) is 4.90 Å². The van der Waals surface area contributed by atoms with Gasteiger partial charge in [0.25, 0.3) is 0 Å². The molecule has 1 aliphatic rings. The van der Waals surface area contributed by atoms with Gasteiger partial charge >= 0.3 is 0 Å². The Hall–Kier alpha value is -1.55. The quantitative estimate of drug-likeness (QED) is 0.780. The summed E-state index contributed by atoms with van der Waals surface area (Å²) in [6, 6.07) is 5.40. The van der Waals surface area contributed by atoms with Gasteiger partial charge in [0.1, 0.15) is 0 Å². The summed E-state index contributed by atoms with van der Waals surface area (Å²) in [5.41, 5.74) is 1.57. The van der Waals surface area contributed by atoms with Crippen LogP contribution in [0.3, 0.4) is 0 Å². The third-order valence-corrected chi connectivity index (χ3v) is 3.60. The molecule has 1 saturated heterocycles. The van der Waals surface area contributed by atoms with Crippen molar-refractivity contribution in [3.63, 3.8) is 0 Å². The van der Waals surface area contributed by atoms with Crippen LogP contribution in [-0.4, -0.2) is 42.8 Å². The van der Waals surface area contributed by atoms with Crippen LogP contribution in [0.1, 0.15) is 24.2 Å². The van der Waals surface area contributed by atoms with Gasteiger partial charge in [0.05, 0.1) is 0 Å². The van der Waals surface area contributed by atoms with Crippen LogP contribution >= 0.6 is 11.6 Å². The van der Waals surface area contributed by atoms with Gasteiger partial charge in [-0.25, -0.2) is 0 Å². The Morgan fingerprint density at radius 3 is 2.21 bits per heavy atom. The molecular formula is C14H17ClN2O2. The molecule has 1 aromatic rings. The highest BCUT2D eigenvalue weighted by molar-refractivity contribution is 6.31. The topological polar surface area (TPSA) is 40.6 Å². The average molecular weight is 281 g/mol. The number of anilines is 1. The number of ketones is 1. The number of carbonyl (C=O) groups is 2. The van der Waals surface area contributed by atoms with Crippen molar-refractivity contribution in [2.45, 2.75) is 13.8 Å². The fourth-order valence-corrected chi connectivity index (χ4v) is 2.47. The number of amides is 1. The number of halogens is 1. The summed E-state index contributed by atoms with van der Waals surface area (Å²) in [5.74, 6) is 0.112. The van der Waals surface area contributed by atoms with Gasteiger partial charge in [-0.05, 0) is 25.1 Å². The van der Waals surface area contributed by atoms with Gasteiger partial charge in [-0.3, -0.25) is 9.59 Å². The van der Waals surface area contributed by atoms with Crippen molar-refractivity contribution in [2.24, 2.45) is 0 Å². The summed E-state index contributed by atoms with van der Waals surface area (Å²) in [5, 5.41) is 0.566. The molecule has 1 amide bonds. The fourth-order valence-electron chi connectivity index (χ4n) is 2.24. The lowest BCUT2D eigenvalue weighted by Gasteiger charge is -2.35. The Morgan fingerprint density at radius 1 is 1.05 bits per heavy atom. The zero-order valence-electron chi connectivity index (χ0n) is 11.1. The molecule has 4 nitrogen and oxygen atoms in total. The van der Waals surface area contributed by atoms with Crippen LogP contribution < -0.4 is 4.90 Å². The highest BCUT2D eigenvalue weighted by Gasteiger charge is 2.19. The fraction of sp³-hybridized carbons (Fsp3) is 0.429. The number of nitrogens with zero attached hydrogens (tertiary/aromatic N) is 2. The molecule has 1 fully saturated rings. The highest BCUT2D eigenvalue weighted by Crippen LogP contribution is 2.24. The van der Waals surface area contributed by atoms with Gasteiger partial charge in [0.2, 0.25) is 5.91 Å². The molecule has 0 N–H and O–H groups in total. The van der Waals surface area contributed by atoms with Gasteiger partial charge < -0.3 is 9.80 Å². The van der Waals surface area contributed by atoms with Gasteiger partial charge in [-0.1, -0.05) is 11.6 Å². The van der Waals surface area contributed by atoms with Crippen molar-refractivity contribution in [3.8, 4) is 0 Å². The van der Waals surface area contributed by atoms with Crippen LogP contribution in [0, 0.1) is 0 Å². The van der Waals surface area contributed by atoms with E-state index in [-0.39, 0.29) is 11.7 Å². The number of carbonyl (C=O) groups excluding carboxylic acids is 2. The molecule has 2 rings (SSSR count). The van der Waals surface area contributed by atoms with E-state index in [4.69, 9.17) is 11.6 Å². The van der Waals surface area contributed by atoms with Crippen LogP contribution in [0.5, 0.6) is 0 Å². The molecule has 1 heterocycles. The van der Waals surface area contributed by atoms with E-state index in [1.54, 1.807) is 13.0 Å². The Morgan fingerprint density at radius 2 is 1.68 bits per heavy atom. The molecule has 0 radical (unpaired) electrons. The third kappa shape index (κ3) is 3.26. The molecule has 0 spiro atoms. The Labute approximate surface area is 117 Å². The van der Waals surface area contributed by atoms with Crippen molar-refractivity contribution in [3.05, 3.63) is 28.8 Å². The second-order valence-corrected chi connectivity index (χ2v) is 5.18. The monoisotopic (exact) mass is 280 g/mol. The van der Waals surface area contributed by atoms with E-state index >= 15 is 0 Å². The zero-order chi connectivity index (χ0) is 14.0. The lowest BCUT2D eigenvalue weighted by atomic mass is 10.1. The normalized spacial score (nSPS) is 15.5. The summed E-state index contributed by atoms with van der Waals surface area (Å²) >= 11 is 6.05. The van der Waals surface area contributed by atoms with Crippen LogP contribution in [0.15, 0.2) is 18.2 Å². The molecule has 0 aliphatic carbocycles. The predicted molar refractivity (Wildman–Crippen MR) is 75.9 cm³/mol. The number of benzene rings is 1. The number of hydrogen-bond donors (Lipinski definition) is 0. The first-order valence-corrected chi connectivity index (χ1v) is 6.67. The lowest BCUT2D eigenvalue weighted by molar-refractivity contribution is -0.129. The standard InChI is InChI=1S/C14H17ClN2O2/c1-10(18)12-7-13(15)9-14(8-12)17-5-3-16(4-6-17)11(2)19/h7-9H,3-6H2,1-2H3. The second-order valence-electron chi connectivity index (χ2n) is 4.75. The van der Waals surface area contributed by atoms with Crippen LogP contribution in [0.4, 0.5) is 5.69 Å². The van der Waals surface area contributed by atoms with E-state index in [9.17, 15) is 9.59 Å². The first-order valence-electron chi connectivity index (χ1n) is 6.29. The van der Waals surface area contributed by atoms with Crippen molar-refractivity contribution in [2.75, 3.05) is 31.1 Å². The summed E-state index contributed by atoms with van der Waals surface area (Å²) < 4.78 is 0. The maximum Gasteiger partial charge on any atom is 0.219 e. The molecule has 5 heteroatoms. The van der Waals surface area contributed by atoms with Crippen molar-refractivity contribution < 1.29 is 9.59 Å². The van der Waals surface area contributed by atoms with Gasteiger partial charge in [-0.2, -0.15) is 0 Å². The van der Waals surface area contributed by atoms with Crippen molar-refractivity contribution in [1.29, 1.82) is 0 Å². The summed E-state index contributed by atoms with van der Waals surface area (Å²) in [4.78, 5) is 26.7. The zero-order valence-corrected chi connectivity index (χ0v) is 11.9. The molecular weight excluding hydrogens is 264 g/mol. The average Bonchev–Trinajstić information content (AvgIpc) is 2.38. The Kier molecular flexibility index (Phi) is 4.10. The Bertz CT molecular complexity index is 508. The summed E-state index contributed by atoms with van der Waals surface area (Å²) in [6.07, 6.45) is 0. The van der Waals surface area contributed by atoms with Gasteiger partial charge in [-0.15, -0.1) is 0 Å². The van der Waals surface area contributed by atoms with E-state index in [0.29, 0.717) is 23.7 Å². The lowest BCUT2D eigenvalue weighted by Crippen LogP contribution is -2.48. The second kappa shape index (κ2) is 5.61. The van der Waals surface area contributed by atoms with Crippen LogP contribution in [-0.2, 0) is 4.79 Å². The van der Waals surface area contributed by atoms with Gasteiger partial charge in [0.15, 0.2) is 5.78 Å². The predicted octanol–water partition coefficient (Wildman–Crippen LogP) is 2.21. The third-order valence-electron chi connectivity index (χ3n) is 3.38. The summed E-state index contributed by atoms with van der Waals surface area (Å²) in [7, 11) is 0. The molecule has 1 aliphatic heterocycles. The molecule has 19 heavy (non-hydrogen) atoms. The minimum absolute atomic E-state index is 0.00567. The molecule has 0 atom stereocenters. The molecule has 0 aromatic heterocycles. The molecule has 102 valence electrons. The maximum atomic E-state index is 11.4. The minimum Gasteiger partial charge on any atom is -0.368 e. The molecule has 0 saturated carbocycles. The molecule has 1 aromatic carbocycles. The first kappa shape index (κ1) is 13.9. The smallest absolute Gasteiger partial charge is 0.219 e.